The van der Waals surface area contributed by atoms with E-state index in [-0.39, 0.29) is 0 Å². The minimum Gasteiger partial charge on any atom is -0.339 e. The molecule has 0 radical (unpaired) electrons. The van der Waals surface area contributed by atoms with Crippen LogP contribution >= 0.6 is 0 Å². The van der Waals surface area contributed by atoms with Gasteiger partial charge in [0.15, 0.2) is 0 Å². The maximum Gasteiger partial charge on any atom is 0.266 e. The monoisotopic (exact) mass is 438 g/mol. The van der Waals surface area contributed by atoms with E-state index >= 15 is 0 Å². The van der Waals surface area contributed by atoms with Crippen molar-refractivity contribution >= 4 is 16.0 Å². The van der Waals surface area contributed by atoms with Gasteiger partial charge in [0.05, 0.1) is 18.0 Å². The lowest BCUT2D eigenvalue weighted by atomic mass is 9.91. The molecule has 5 rings (SSSR count). The van der Waals surface area contributed by atoms with Crippen LogP contribution in [0.25, 0.3) is 11.1 Å². The lowest BCUT2D eigenvalue weighted by Gasteiger charge is -2.44. The van der Waals surface area contributed by atoms with Gasteiger partial charge in [-0.15, -0.1) is 0 Å². The molecule has 0 N–H and O–H groups in total. The molecule has 1 saturated carbocycles. The molecule has 0 unspecified atom stereocenters. The van der Waals surface area contributed by atoms with Gasteiger partial charge in [-0.3, -0.25) is 9.89 Å². The molecule has 2 aromatic carbocycles. The number of hydrogen-bond acceptors (Lipinski definition) is 5. The number of nitrogens with zero attached hydrogens (tertiary/aromatic N) is 4. The van der Waals surface area contributed by atoms with E-state index in [9.17, 15) is 8.42 Å². The zero-order valence-corrected chi connectivity index (χ0v) is 18.9. The highest BCUT2D eigenvalue weighted by molar-refractivity contribution is 7.89. The molecule has 0 amide bonds. The highest BCUT2D eigenvalue weighted by atomic mass is 32.2. The molecule has 0 bridgehead atoms. The smallest absolute Gasteiger partial charge is 0.266 e. The summed E-state index contributed by atoms with van der Waals surface area (Å²) in [5.41, 5.74) is 3.33. The lowest BCUT2D eigenvalue weighted by molar-refractivity contribution is 0.0833. The van der Waals surface area contributed by atoms with Crippen molar-refractivity contribution in [2.75, 3.05) is 39.3 Å². The summed E-state index contributed by atoms with van der Waals surface area (Å²) < 4.78 is 28.4. The molecule has 2 fully saturated rings. The van der Waals surface area contributed by atoms with Gasteiger partial charge in [0.25, 0.3) is 10.0 Å². The number of aryl methyl sites for hydroxylation is 1. The highest BCUT2D eigenvalue weighted by Crippen LogP contribution is 2.28. The van der Waals surface area contributed by atoms with E-state index in [4.69, 9.17) is 0 Å². The summed E-state index contributed by atoms with van der Waals surface area (Å²) >= 11 is 0. The third-order valence-corrected chi connectivity index (χ3v) is 8.66. The van der Waals surface area contributed by atoms with Crippen LogP contribution in [0.1, 0.15) is 24.8 Å². The summed E-state index contributed by atoms with van der Waals surface area (Å²) in [4.78, 5) is 9.62. The summed E-state index contributed by atoms with van der Waals surface area (Å²) in [7, 11) is -3.62. The molecule has 3 aliphatic rings. The Hall–Kier alpha value is -2.38. The lowest BCUT2D eigenvalue weighted by Crippen LogP contribution is -2.56. The number of benzene rings is 2. The fraction of sp³-hybridized carbons (Fsp3) is 0.458. The van der Waals surface area contributed by atoms with Gasteiger partial charge in [-0.1, -0.05) is 42.8 Å². The van der Waals surface area contributed by atoms with Crippen molar-refractivity contribution < 1.29 is 8.42 Å². The Morgan fingerprint density at radius 3 is 2.26 bits per heavy atom. The summed E-state index contributed by atoms with van der Waals surface area (Å²) in [5, 5.41) is 0. The number of sulfonamides is 1. The molecule has 2 heterocycles. The van der Waals surface area contributed by atoms with Crippen molar-refractivity contribution in [1.82, 2.24) is 14.1 Å². The van der Waals surface area contributed by atoms with Gasteiger partial charge in [0.2, 0.25) is 5.96 Å². The molecule has 7 heteroatoms. The molecule has 1 aliphatic carbocycles. The molecule has 0 atom stereocenters. The van der Waals surface area contributed by atoms with Crippen LogP contribution in [-0.2, 0) is 10.0 Å². The predicted octanol–water partition coefficient (Wildman–Crippen LogP) is 3.19. The first-order valence-electron chi connectivity index (χ1n) is 11.3. The molecule has 0 aromatic heterocycles. The molecule has 1 saturated heterocycles. The Morgan fingerprint density at radius 1 is 0.903 bits per heavy atom. The minimum absolute atomic E-state index is 0.326. The Labute approximate surface area is 185 Å². The Kier molecular flexibility index (Phi) is 5.48. The van der Waals surface area contributed by atoms with Gasteiger partial charge in [-0.05, 0) is 48.6 Å². The number of hydrogen-bond donors (Lipinski definition) is 0. The van der Waals surface area contributed by atoms with Crippen LogP contribution in [0.4, 0.5) is 0 Å². The van der Waals surface area contributed by atoms with Crippen LogP contribution in [0.15, 0.2) is 58.4 Å². The number of aliphatic imine (C=N–C) groups is 1. The van der Waals surface area contributed by atoms with Gasteiger partial charge in [-0.2, -0.15) is 0 Å². The molecular formula is C24H30N4O2S. The van der Waals surface area contributed by atoms with Crippen molar-refractivity contribution in [3.63, 3.8) is 0 Å². The molecule has 2 aliphatic heterocycles. The van der Waals surface area contributed by atoms with Crippen LogP contribution in [0.2, 0.25) is 0 Å². The van der Waals surface area contributed by atoms with Crippen LogP contribution in [-0.4, -0.2) is 73.8 Å². The third kappa shape index (κ3) is 3.85. The van der Waals surface area contributed by atoms with Gasteiger partial charge in [0, 0.05) is 32.2 Å². The molecule has 164 valence electrons. The zero-order valence-electron chi connectivity index (χ0n) is 18.1. The topological polar surface area (TPSA) is 56.2 Å². The standard InChI is InChI=1S/C24H30N4O2S/c1-19-5-2-3-8-23(19)20-9-11-22(12-10-20)31(29,30)28-14-13-25-24(28)27-17-15-26(16-18-27)21-6-4-7-21/h2-3,5,8-12,21H,4,6-7,13-18H2,1H3. The van der Waals surface area contributed by atoms with Gasteiger partial charge in [0.1, 0.15) is 0 Å². The second-order valence-corrected chi connectivity index (χ2v) is 10.6. The van der Waals surface area contributed by atoms with E-state index in [1.807, 2.05) is 24.3 Å². The van der Waals surface area contributed by atoms with E-state index in [2.05, 4.69) is 33.8 Å². The van der Waals surface area contributed by atoms with Crippen LogP contribution in [0.5, 0.6) is 0 Å². The summed E-state index contributed by atoms with van der Waals surface area (Å²) in [6, 6.07) is 16.1. The third-order valence-electron chi connectivity index (χ3n) is 6.87. The van der Waals surface area contributed by atoms with E-state index in [0.717, 1.165) is 43.3 Å². The average molecular weight is 439 g/mol. The van der Waals surface area contributed by atoms with Crippen molar-refractivity contribution in [1.29, 1.82) is 0 Å². The number of rotatable bonds is 4. The van der Waals surface area contributed by atoms with Crippen molar-refractivity contribution in [2.45, 2.75) is 37.1 Å². The van der Waals surface area contributed by atoms with Crippen molar-refractivity contribution in [3.05, 3.63) is 54.1 Å². The minimum atomic E-state index is -3.62. The second-order valence-electron chi connectivity index (χ2n) is 8.71. The maximum atomic E-state index is 13.4. The molecular weight excluding hydrogens is 408 g/mol. The van der Waals surface area contributed by atoms with E-state index in [1.54, 1.807) is 12.1 Å². The second kappa shape index (κ2) is 8.28. The Balaban J connectivity index is 1.32. The summed E-state index contributed by atoms with van der Waals surface area (Å²) in [6.07, 6.45) is 3.95. The zero-order chi connectivity index (χ0) is 21.4. The number of piperazine rings is 1. The quantitative estimate of drug-likeness (QED) is 0.736. The predicted molar refractivity (Wildman–Crippen MR) is 124 cm³/mol. The molecule has 31 heavy (non-hydrogen) atoms. The fourth-order valence-electron chi connectivity index (χ4n) is 4.77. The first kappa shape index (κ1) is 20.5. The Morgan fingerprint density at radius 2 is 1.61 bits per heavy atom. The molecule has 2 aromatic rings. The van der Waals surface area contributed by atoms with Crippen molar-refractivity contribution in [2.24, 2.45) is 4.99 Å². The Bertz CT molecular complexity index is 1070. The van der Waals surface area contributed by atoms with Crippen LogP contribution in [0, 0.1) is 6.92 Å². The van der Waals surface area contributed by atoms with E-state index in [0.29, 0.717) is 23.9 Å². The normalized spacial score (nSPS) is 20.6. The highest BCUT2D eigenvalue weighted by Gasteiger charge is 2.36. The maximum absolute atomic E-state index is 13.4. The SMILES string of the molecule is Cc1ccccc1-c1ccc(S(=O)(=O)N2CCN=C2N2CCN(C3CCC3)CC2)cc1. The summed E-state index contributed by atoms with van der Waals surface area (Å²) in [5.74, 6) is 0.622. The van der Waals surface area contributed by atoms with Crippen molar-refractivity contribution in [3.8, 4) is 11.1 Å². The van der Waals surface area contributed by atoms with Gasteiger partial charge >= 0.3 is 0 Å². The molecule has 0 spiro atoms. The van der Waals surface area contributed by atoms with E-state index in [1.165, 1.54) is 29.1 Å². The first-order valence-corrected chi connectivity index (χ1v) is 12.7. The summed E-state index contributed by atoms with van der Waals surface area (Å²) in [6.45, 7) is 6.67. The fourth-order valence-corrected chi connectivity index (χ4v) is 6.22. The van der Waals surface area contributed by atoms with Crippen LogP contribution < -0.4 is 0 Å². The van der Waals surface area contributed by atoms with E-state index < -0.39 is 10.0 Å². The van der Waals surface area contributed by atoms with Gasteiger partial charge < -0.3 is 4.90 Å². The first-order chi connectivity index (χ1) is 15.0. The van der Waals surface area contributed by atoms with Crippen LogP contribution in [0.3, 0.4) is 0 Å². The largest absolute Gasteiger partial charge is 0.339 e. The van der Waals surface area contributed by atoms with Gasteiger partial charge in [-0.25, -0.2) is 12.7 Å². The number of guanidine groups is 1. The average Bonchev–Trinajstić information content (AvgIpc) is 3.24. The molecule has 6 nitrogen and oxygen atoms in total.